The highest BCUT2D eigenvalue weighted by molar-refractivity contribution is 8.00. The zero-order valence-electron chi connectivity index (χ0n) is 13.0. The molecular weight excluding hydrogens is 314 g/mol. The van der Waals surface area contributed by atoms with E-state index in [0.29, 0.717) is 17.9 Å². The lowest BCUT2D eigenvalue weighted by Gasteiger charge is -2.19. The Bertz CT molecular complexity index is 667. The summed E-state index contributed by atoms with van der Waals surface area (Å²) < 4.78 is 1.65. The Labute approximate surface area is 139 Å². The normalized spacial score (nSPS) is 15.8. The van der Waals surface area contributed by atoms with Crippen molar-refractivity contribution in [1.29, 1.82) is 0 Å². The monoisotopic (exact) mass is 335 g/mol. The predicted molar refractivity (Wildman–Crippen MR) is 88.2 cm³/mol. The molecule has 1 aliphatic rings. The van der Waals surface area contributed by atoms with E-state index in [9.17, 15) is 4.79 Å². The molecule has 2 aromatic rings. The van der Waals surface area contributed by atoms with Crippen LogP contribution in [0.3, 0.4) is 0 Å². The Hall–Kier alpha value is -1.67. The maximum atomic E-state index is 12.4. The van der Waals surface area contributed by atoms with E-state index in [4.69, 9.17) is 5.11 Å². The fourth-order valence-corrected chi connectivity index (χ4v) is 3.65. The number of aliphatic hydroxyl groups excluding tert-OH is 1. The second-order valence-electron chi connectivity index (χ2n) is 5.59. The smallest absolute Gasteiger partial charge is 0.232 e. The third-order valence-corrected chi connectivity index (χ3v) is 4.99. The summed E-state index contributed by atoms with van der Waals surface area (Å²) in [6.07, 6.45) is 7.81. The van der Waals surface area contributed by atoms with Crippen molar-refractivity contribution in [1.82, 2.24) is 24.6 Å². The van der Waals surface area contributed by atoms with E-state index in [2.05, 4.69) is 15.1 Å². The number of aliphatic hydroxyl groups is 1. The van der Waals surface area contributed by atoms with Gasteiger partial charge in [-0.05, 0) is 12.8 Å². The van der Waals surface area contributed by atoms with Crippen LogP contribution in [0.4, 0.5) is 0 Å². The van der Waals surface area contributed by atoms with Crippen molar-refractivity contribution in [3.8, 4) is 0 Å². The minimum Gasteiger partial charge on any atom is -0.394 e. The van der Waals surface area contributed by atoms with Crippen molar-refractivity contribution < 1.29 is 9.90 Å². The van der Waals surface area contributed by atoms with Crippen molar-refractivity contribution >= 4 is 28.7 Å². The quantitative estimate of drug-likeness (QED) is 0.655. The van der Waals surface area contributed by atoms with E-state index in [1.807, 2.05) is 4.90 Å². The molecule has 1 amide bonds. The molecule has 8 heteroatoms. The van der Waals surface area contributed by atoms with Gasteiger partial charge >= 0.3 is 0 Å². The highest BCUT2D eigenvalue weighted by atomic mass is 32.2. The molecule has 0 spiro atoms. The average Bonchev–Trinajstić information content (AvgIpc) is 2.80. The summed E-state index contributed by atoms with van der Waals surface area (Å²) in [5, 5.41) is 14.9. The third-order valence-electron chi connectivity index (χ3n) is 4.00. The van der Waals surface area contributed by atoms with Gasteiger partial charge in [0.2, 0.25) is 5.91 Å². The lowest BCUT2D eigenvalue weighted by molar-refractivity contribution is -0.128. The topological polar surface area (TPSA) is 84.1 Å². The summed E-state index contributed by atoms with van der Waals surface area (Å²) >= 11 is 1.43. The first-order chi connectivity index (χ1) is 11.3. The number of rotatable bonds is 5. The molecule has 3 heterocycles. The number of likely N-dealkylation sites (tertiary alicyclic amines) is 1. The predicted octanol–water partition coefficient (Wildman–Crippen LogP) is 1.31. The van der Waals surface area contributed by atoms with Crippen LogP contribution in [0, 0.1) is 0 Å². The molecule has 0 bridgehead atoms. The van der Waals surface area contributed by atoms with Crippen molar-refractivity contribution in [3.63, 3.8) is 0 Å². The van der Waals surface area contributed by atoms with E-state index in [1.54, 1.807) is 10.9 Å². The van der Waals surface area contributed by atoms with E-state index >= 15 is 0 Å². The Kier molecular flexibility index (Phi) is 5.45. The van der Waals surface area contributed by atoms with Gasteiger partial charge in [-0.25, -0.2) is 14.6 Å². The van der Waals surface area contributed by atoms with Crippen LogP contribution in [0.25, 0.3) is 11.0 Å². The van der Waals surface area contributed by atoms with Gasteiger partial charge in [-0.15, -0.1) is 0 Å². The minimum atomic E-state index is 0.0106. The second-order valence-corrected chi connectivity index (χ2v) is 6.56. The number of amides is 1. The molecule has 0 aliphatic carbocycles. The lowest BCUT2D eigenvalue weighted by atomic mass is 10.2. The molecule has 3 rings (SSSR count). The maximum absolute atomic E-state index is 12.4. The van der Waals surface area contributed by atoms with E-state index in [-0.39, 0.29) is 12.5 Å². The van der Waals surface area contributed by atoms with Gasteiger partial charge in [-0.1, -0.05) is 24.6 Å². The molecule has 1 N–H and O–H groups in total. The van der Waals surface area contributed by atoms with Gasteiger partial charge in [0.05, 0.1) is 30.5 Å². The van der Waals surface area contributed by atoms with Gasteiger partial charge in [-0.2, -0.15) is 5.10 Å². The van der Waals surface area contributed by atoms with Crippen LogP contribution >= 0.6 is 11.8 Å². The first kappa shape index (κ1) is 16.2. The van der Waals surface area contributed by atoms with Gasteiger partial charge in [0.25, 0.3) is 0 Å². The Morgan fingerprint density at radius 1 is 1.22 bits per heavy atom. The Morgan fingerprint density at radius 3 is 2.74 bits per heavy atom. The summed E-state index contributed by atoms with van der Waals surface area (Å²) in [5.41, 5.74) is 0.693. The molecule has 1 aliphatic heterocycles. The number of hydrogen-bond donors (Lipinski definition) is 1. The average molecular weight is 335 g/mol. The first-order valence-electron chi connectivity index (χ1n) is 7.97. The van der Waals surface area contributed by atoms with Crippen molar-refractivity contribution in [3.05, 3.63) is 12.5 Å². The molecule has 0 radical (unpaired) electrons. The first-order valence-corrected chi connectivity index (χ1v) is 8.96. The van der Waals surface area contributed by atoms with Gasteiger partial charge < -0.3 is 10.0 Å². The molecule has 2 aromatic heterocycles. The zero-order valence-corrected chi connectivity index (χ0v) is 13.8. The molecule has 0 saturated carbocycles. The van der Waals surface area contributed by atoms with Crippen LogP contribution in [0.1, 0.15) is 25.7 Å². The molecule has 1 saturated heterocycles. The minimum absolute atomic E-state index is 0.0106. The second kappa shape index (κ2) is 7.74. The van der Waals surface area contributed by atoms with Gasteiger partial charge in [-0.3, -0.25) is 4.79 Å². The van der Waals surface area contributed by atoms with E-state index in [0.717, 1.165) is 36.3 Å². The molecule has 124 valence electrons. The van der Waals surface area contributed by atoms with Crippen molar-refractivity contribution in [2.75, 3.05) is 25.4 Å². The highest BCUT2D eigenvalue weighted by Gasteiger charge is 2.17. The van der Waals surface area contributed by atoms with Crippen molar-refractivity contribution in [2.45, 2.75) is 37.3 Å². The zero-order chi connectivity index (χ0) is 16.1. The van der Waals surface area contributed by atoms with E-state index in [1.165, 1.54) is 30.9 Å². The SMILES string of the molecule is O=C(CSc1ncnc2c1cnn2CCO)N1CCCCCC1. The standard InChI is InChI=1S/C15H21N5O2S/c21-8-7-20-14-12(9-18-20)15(17-11-16-14)23-10-13(22)19-5-3-1-2-4-6-19/h9,11,21H,1-8,10H2. The lowest BCUT2D eigenvalue weighted by Crippen LogP contribution is -2.33. The summed E-state index contributed by atoms with van der Waals surface area (Å²) in [6.45, 7) is 2.15. The van der Waals surface area contributed by atoms with Crippen LogP contribution in [0.5, 0.6) is 0 Å². The van der Waals surface area contributed by atoms with Crippen LogP contribution in [0.15, 0.2) is 17.6 Å². The number of hydrogen-bond acceptors (Lipinski definition) is 6. The number of nitrogens with zero attached hydrogens (tertiary/aromatic N) is 5. The number of thioether (sulfide) groups is 1. The highest BCUT2D eigenvalue weighted by Crippen LogP contribution is 2.24. The molecule has 1 fully saturated rings. The molecule has 0 atom stereocenters. The fraction of sp³-hybridized carbons (Fsp3) is 0.600. The third kappa shape index (κ3) is 3.81. The van der Waals surface area contributed by atoms with Gasteiger partial charge in [0, 0.05) is 13.1 Å². The molecule has 7 nitrogen and oxygen atoms in total. The van der Waals surface area contributed by atoms with Crippen LogP contribution in [0.2, 0.25) is 0 Å². The number of carbonyl (C=O) groups excluding carboxylic acids is 1. The number of fused-ring (bicyclic) bond motifs is 1. The largest absolute Gasteiger partial charge is 0.394 e. The molecule has 23 heavy (non-hydrogen) atoms. The van der Waals surface area contributed by atoms with E-state index < -0.39 is 0 Å². The van der Waals surface area contributed by atoms with Crippen molar-refractivity contribution in [2.24, 2.45) is 0 Å². The summed E-state index contributed by atoms with van der Waals surface area (Å²) in [5.74, 6) is 0.559. The molecular formula is C15H21N5O2S. The Balaban J connectivity index is 1.68. The summed E-state index contributed by atoms with van der Waals surface area (Å²) in [6, 6.07) is 0. The van der Waals surface area contributed by atoms with Crippen LogP contribution < -0.4 is 0 Å². The molecule has 0 aromatic carbocycles. The fourth-order valence-electron chi connectivity index (χ4n) is 2.79. The summed E-state index contributed by atoms with van der Waals surface area (Å²) in [7, 11) is 0. The number of carbonyl (C=O) groups is 1. The number of aromatic nitrogens is 4. The Morgan fingerprint density at radius 2 is 2.00 bits per heavy atom. The maximum Gasteiger partial charge on any atom is 0.232 e. The van der Waals surface area contributed by atoms with Crippen LogP contribution in [-0.2, 0) is 11.3 Å². The molecule has 0 unspecified atom stereocenters. The summed E-state index contributed by atoms with van der Waals surface area (Å²) in [4.78, 5) is 22.8. The van der Waals surface area contributed by atoms with Crippen LogP contribution in [-0.4, -0.2) is 61.1 Å². The van der Waals surface area contributed by atoms with Gasteiger partial charge in [0.1, 0.15) is 11.4 Å². The van der Waals surface area contributed by atoms with Gasteiger partial charge in [0.15, 0.2) is 5.65 Å².